The standard InChI is InChI=1S/C15H27NO5.C12H21NO5/c1-14(2,3)20-12(18)11-7-10(9-17)8-16(11)13(19)21-15(4,5)6;1-12(2,3)18-11(16)13-6-8(7-17-4)5-9(13)10(14)15/h10-11,17H,7-9H2,1-6H3;8-9H,5-7H2,1-4H3,(H,14,15)/t10-,11-;8-,9?/m00/s1. The molecule has 2 saturated heterocycles. The molecule has 0 bridgehead atoms. The van der Waals surface area contributed by atoms with Crippen molar-refractivity contribution in [3.63, 3.8) is 0 Å². The third-order valence-corrected chi connectivity index (χ3v) is 5.66. The van der Waals surface area contributed by atoms with Crippen molar-refractivity contribution < 1.29 is 48.3 Å². The van der Waals surface area contributed by atoms with Crippen LogP contribution in [-0.4, -0.2) is 106 Å². The summed E-state index contributed by atoms with van der Waals surface area (Å²) in [6.45, 7) is 16.9. The van der Waals surface area contributed by atoms with Crippen LogP contribution in [0.2, 0.25) is 0 Å². The number of likely N-dealkylation sites (tertiary alicyclic amines) is 2. The second-order valence-electron chi connectivity index (χ2n) is 13.0. The van der Waals surface area contributed by atoms with E-state index in [-0.39, 0.29) is 18.4 Å². The van der Waals surface area contributed by atoms with Crippen molar-refractivity contribution in [1.29, 1.82) is 0 Å². The van der Waals surface area contributed by atoms with E-state index in [1.54, 1.807) is 69.4 Å². The highest BCUT2D eigenvalue weighted by atomic mass is 16.6. The number of aliphatic carboxylic acids is 1. The van der Waals surface area contributed by atoms with E-state index in [2.05, 4.69) is 0 Å². The molecule has 2 aliphatic heterocycles. The van der Waals surface area contributed by atoms with Gasteiger partial charge in [-0.15, -0.1) is 0 Å². The van der Waals surface area contributed by atoms with Crippen LogP contribution in [0.1, 0.15) is 75.2 Å². The van der Waals surface area contributed by atoms with E-state index in [9.17, 15) is 24.3 Å². The van der Waals surface area contributed by atoms with Crippen molar-refractivity contribution in [1.82, 2.24) is 9.80 Å². The summed E-state index contributed by atoms with van der Waals surface area (Å²) in [6, 6.07) is -1.52. The number of aliphatic hydroxyl groups excluding tert-OH is 1. The van der Waals surface area contributed by atoms with Gasteiger partial charge in [-0.05, 0) is 75.2 Å². The highest BCUT2D eigenvalue weighted by Gasteiger charge is 2.43. The zero-order valence-electron chi connectivity index (χ0n) is 25.1. The number of hydrogen-bond donors (Lipinski definition) is 2. The van der Waals surface area contributed by atoms with Gasteiger partial charge in [0.15, 0.2) is 0 Å². The van der Waals surface area contributed by atoms with Crippen LogP contribution in [-0.2, 0) is 28.5 Å². The number of carbonyl (C=O) groups excluding carboxylic acids is 3. The maximum absolute atomic E-state index is 12.2. The minimum atomic E-state index is -1.00. The maximum atomic E-state index is 12.2. The molecule has 226 valence electrons. The van der Waals surface area contributed by atoms with Gasteiger partial charge in [-0.1, -0.05) is 0 Å². The van der Waals surface area contributed by atoms with E-state index in [0.29, 0.717) is 32.5 Å². The third-order valence-electron chi connectivity index (χ3n) is 5.66. The van der Waals surface area contributed by atoms with Gasteiger partial charge >= 0.3 is 24.1 Å². The first-order valence-corrected chi connectivity index (χ1v) is 13.2. The first kappa shape index (κ1) is 34.4. The van der Waals surface area contributed by atoms with Crippen LogP contribution in [0.3, 0.4) is 0 Å². The lowest BCUT2D eigenvalue weighted by Crippen LogP contribution is -2.45. The molecule has 0 aromatic carbocycles. The van der Waals surface area contributed by atoms with Gasteiger partial charge in [0, 0.05) is 38.6 Å². The average molecular weight is 561 g/mol. The van der Waals surface area contributed by atoms with Crippen LogP contribution >= 0.6 is 0 Å². The summed E-state index contributed by atoms with van der Waals surface area (Å²) in [5, 5.41) is 18.4. The monoisotopic (exact) mass is 560 g/mol. The lowest BCUT2D eigenvalue weighted by atomic mass is 10.1. The van der Waals surface area contributed by atoms with Gasteiger partial charge in [0.1, 0.15) is 28.9 Å². The predicted octanol–water partition coefficient (Wildman–Crippen LogP) is 3.29. The molecular weight excluding hydrogens is 512 g/mol. The number of aliphatic hydroxyl groups is 1. The molecule has 12 nitrogen and oxygen atoms in total. The highest BCUT2D eigenvalue weighted by molar-refractivity contribution is 5.82. The van der Waals surface area contributed by atoms with Gasteiger partial charge in [0.05, 0.1) is 6.61 Å². The summed E-state index contributed by atoms with van der Waals surface area (Å²) in [4.78, 5) is 50.2. The quantitative estimate of drug-likeness (QED) is 0.378. The number of esters is 1. The minimum absolute atomic E-state index is 0.0450. The number of carboxylic acids is 1. The Bertz CT molecular complexity index is 820. The Morgan fingerprint density at radius 3 is 1.51 bits per heavy atom. The molecule has 0 aliphatic carbocycles. The summed E-state index contributed by atoms with van der Waals surface area (Å²) >= 11 is 0. The fraction of sp³-hybridized carbons (Fsp3) is 0.852. The van der Waals surface area contributed by atoms with Gasteiger partial charge in [-0.3, -0.25) is 9.80 Å². The van der Waals surface area contributed by atoms with Crippen molar-refractivity contribution >= 4 is 24.1 Å². The fourth-order valence-electron chi connectivity index (χ4n) is 4.21. The van der Waals surface area contributed by atoms with Crippen LogP contribution in [0.4, 0.5) is 9.59 Å². The highest BCUT2D eigenvalue weighted by Crippen LogP contribution is 2.28. The first-order chi connectivity index (χ1) is 17.7. The van der Waals surface area contributed by atoms with Gasteiger partial charge in [0.2, 0.25) is 0 Å². The molecule has 2 aliphatic rings. The Morgan fingerprint density at radius 1 is 0.718 bits per heavy atom. The topological polar surface area (TPSA) is 152 Å². The number of hydrogen-bond acceptors (Lipinski definition) is 9. The molecule has 0 radical (unpaired) electrons. The van der Waals surface area contributed by atoms with E-state index in [4.69, 9.17) is 24.1 Å². The Hall–Kier alpha value is -2.60. The van der Waals surface area contributed by atoms with Gasteiger partial charge < -0.3 is 29.2 Å². The molecule has 39 heavy (non-hydrogen) atoms. The molecule has 2 fully saturated rings. The number of nitrogens with zero attached hydrogens (tertiary/aromatic N) is 2. The lowest BCUT2D eigenvalue weighted by molar-refractivity contribution is -0.160. The first-order valence-electron chi connectivity index (χ1n) is 13.2. The zero-order valence-corrected chi connectivity index (χ0v) is 25.1. The molecule has 2 amide bonds. The summed E-state index contributed by atoms with van der Waals surface area (Å²) in [5.74, 6) is -1.54. The van der Waals surface area contributed by atoms with Crippen molar-refractivity contribution in [2.24, 2.45) is 11.8 Å². The van der Waals surface area contributed by atoms with Gasteiger partial charge in [-0.25, -0.2) is 19.2 Å². The largest absolute Gasteiger partial charge is 0.480 e. The molecule has 12 heteroatoms. The minimum Gasteiger partial charge on any atom is -0.480 e. The normalized spacial score (nSPS) is 23.6. The number of carboxylic acid groups (broad SMARTS) is 1. The summed E-state index contributed by atoms with van der Waals surface area (Å²) in [6.07, 6.45) is -0.324. The molecule has 2 rings (SSSR count). The summed E-state index contributed by atoms with van der Waals surface area (Å²) < 4.78 is 20.9. The second kappa shape index (κ2) is 13.6. The zero-order chi connectivity index (χ0) is 30.3. The maximum Gasteiger partial charge on any atom is 0.411 e. The Labute approximate surface area is 231 Å². The van der Waals surface area contributed by atoms with Crippen molar-refractivity contribution in [2.75, 3.05) is 33.4 Å². The van der Waals surface area contributed by atoms with E-state index in [0.717, 1.165) is 0 Å². The molecule has 1 unspecified atom stereocenters. The number of carbonyl (C=O) groups is 4. The molecule has 4 atom stereocenters. The summed E-state index contributed by atoms with van der Waals surface area (Å²) in [7, 11) is 1.56. The number of methoxy groups -OCH3 is 1. The predicted molar refractivity (Wildman–Crippen MR) is 142 cm³/mol. The van der Waals surface area contributed by atoms with E-state index in [1.807, 2.05) is 0 Å². The van der Waals surface area contributed by atoms with Gasteiger partial charge in [0.25, 0.3) is 0 Å². The Balaban J connectivity index is 0.000000395. The van der Waals surface area contributed by atoms with Crippen LogP contribution in [0.5, 0.6) is 0 Å². The van der Waals surface area contributed by atoms with E-state index in [1.165, 1.54) is 9.80 Å². The van der Waals surface area contributed by atoms with Gasteiger partial charge in [-0.2, -0.15) is 0 Å². The van der Waals surface area contributed by atoms with Crippen molar-refractivity contribution in [3.8, 4) is 0 Å². The van der Waals surface area contributed by atoms with Crippen LogP contribution in [0.15, 0.2) is 0 Å². The lowest BCUT2D eigenvalue weighted by Gasteiger charge is -2.29. The SMILES string of the molecule is CC(C)(C)OC(=O)[C@@H]1C[C@H](CO)CN1C(=O)OC(C)(C)C.COC[C@H]1CC(C(=O)O)N(C(=O)OC(C)(C)C)C1. The van der Waals surface area contributed by atoms with Crippen molar-refractivity contribution in [2.45, 2.75) is 104 Å². The molecule has 0 saturated carbocycles. The molecule has 2 heterocycles. The Morgan fingerprint density at radius 2 is 1.13 bits per heavy atom. The molecule has 0 aromatic heterocycles. The molecule has 2 N–H and O–H groups in total. The molecular formula is C27H48N2O10. The van der Waals surface area contributed by atoms with E-state index >= 15 is 0 Å². The second-order valence-corrected chi connectivity index (χ2v) is 13.0. The average Bonchev–Trinajstić information content (AvgIpc) is 3.36. The number of ether oxygens (including phenoxy) is 4. The van der Waals surface area contributed by atoms with Crippen LogP contribution < -0.4 is 0 Å². The Kier molecular flexibility index (Phi) is 12.0. The molecule has 0 aromatic rings. The fourth-order valence-corrected chi connectivity index (χ4v) is 4.21. The molecule has 0 spiro atoms. The van der Waals surface area contributed by atoms with E-state index < -0.39 is 53.0 Å². The number of amides is 2. The third kappa shape index (κ3) is 12.0. The summed E-state index contributed by atoms with van der Waals surface area (Å²) in [5.41, 5.74) is -1.87. The smallest absolute Gasteiger partial charge is 0.411 e. The van der Waals surface area contributed by atoms with Crippen LogP contribution in [0.25, 0.3) is 0 Å². The number of rotatable bonds is 5. The van der Waals surface area contributed by atoms with Crippen molar-refractivity contribution in [3.05, 3.63) is 0 Å². The van der Waals surface area contributed by atoms with Crippen LogP contribution in [0, 0.1) is 11.8 Å².